The minimum Gasteiger partial charge on any atom is -0.481 e. The third kappa shape index (κ3) is 5.81. The summed E-state index contributed by atoms with van der Waals surface area (Å²) in [4.78, 5) is 30.8. The maximum absolute atomic E-state index is 12.9. The Morgan fingerprint density at radius 1 is 1.05 bits per heavy atom. The van der Waals surface area contributed by atoms with Gasteiger partial charge < -0.3 is 10.0 Å². The molecule has 1 unspecified atom stereocenters. The molecule has 3 heterocycles. The van der Waals surface area contributed by atoms with Crippen LogP contribution in [0.3, 0.4) is 0 Å². The van der Waals surface area contributed by atoms with Gasteiger partial charge in [0, 0.05) is 31.3 Å². The van der Waals surface area contributed by atoms with Gasteiger partial charge in [-0.15, -0.1) is 0 Å². The van der Waals surface area contributed by atoms with Crippen molar-refractivity contribution in [3.63, 3.8) is 0 Å². The van der Waals surface area contributed by atoms with E-state index in [2.05, 4.69) is 62.6 Å². The fourth-order valence-electron chi connectivity index (χ4n) is 6.15. The van der Waals surface area contributed by atoms with Crippen molar-refractivity contribution in [2.24, 2.45) is 6.26 Å². The van der Waals surface area contributed by atoms with Crippen LogP contribution in [0.2, 0.25) is 0 Å². The number of carboxylic acids is 1. The van der Waals surface area contributed by atoms with Gasteiger partial charge in [0.05, 0.1) is 18.0 Å². The van der Waals surface area contributed by atoms with Gasteiger partial charge in [0.25, 0.3) is 0 Å². The van der Waals surface area contributed by atoms with Gasteiger partial charge in [-0.1, -0.05) is 39.8 Å². The molecule has 5 rings (SSSR count). The first-order valence-corrected chi connectivity index (χ1v) is 15.7. The number of carbonyl (C=O) groups is 2. The molecule has 7 nitrogen and oxygen atoms in total. The minimum atomic E-state index is -0.844. The zero-order chi connectivity index (χ0) is 27.9. The van der Waals surface area contributed by atoms with Crippen molar-refractivity contribution < 1.29 is 14.7 Å². The summed E-state index contributed by atoms with van der Waals surface area (Å²) in [5.41, 5.74) is 6.36. The van der Waals surface area contributed by atoms with Gasteiger partial charge >= 0.3 is 5.97 Å². The SMILES string of the molecule is C[s+]1cc(-c2ccc3c(c2)C(C)(C)CCC3(C)C)nc1C1CCN(C(=O)Cn2ccc(CCC(=O)O)n2)CC1. The summed E-state index contributed by atoms with van der Waals surface area (Å²) in [6, 6.07) is 8.79. The van der Waals surface area contributed by atoms with Crippen molar-refractivity contribution in [1.82, 2.24) is 19.7 Å². The number of benzene rings is 1. The van der Waals surface area contributed by atoms with E-state index in [1.54, 1.807) is 16.9 Å². The molecule has 1 atom stereocenters. The smallest absolute Gasteiger partial charge is 0.303 e. The maximum Gasteiger partial charge on any atom is 0.303 e. The number of thiazole rings is 1. The van der Waals surface area contributed by atoms with Crippen LogP contribution in [0.25, 0.3) is 11.3 Å². The van der Waals surface area contributed by atoms with Gasteiger partial charge in [0.15, 0.2) is 5.38 Å². The van der Waals surface area contributed by atoms with Crippen LogP contribution in [-0.4, -0.2) is 49.7 Å². The van der Waals surface area contributed by atoms with Crippen LogP contribution in [-0.2, 0) is 39.6 Å². The summed E-state index contributed by atoms with van der Waals surface area (Å²) in [6.45, 7) is 11.1. The Bertz CT molecular complexity index is 1380. The van der Waals surface area contributed by atoms with Gasteiger partial charge in [-0.2, -0.15) is 10.1 Å². The lowest BCUT2D eigenvalue weighted by Crippen LogP contribution is -2.39. The van der Waals surface area contributed by atoms with Crippen LogP contribution in [0.5, 0.6) is 0 Å². The summed E-state index contributed by atoms with van der Waals surface area (Å²) < 4.78 is 1.62. The topological polar surface area (TPSA) is 88.3 Å². The number of hydrogen-bond acceptors (Lipinski definition) is 4. The summed E-state index contributed by atoms with van der Waals surface area (Å²) in [5, 5.41) is 16.8. The van der Waals surface area contributed by atoms with Crippen LogP contribution in [0.4, 0.5) is 0 Å². The fraction of sp³-hybridized carbons (Fsp3) is 0.548. The second-order valence-corrected chi connectivity index (χ2v) is 14.4. The Balaban J connectivity index is 1.23. The molecule has 2 aromatic heterocycles. The number of rotatable bonds is 7. The lowest BCUT2D eigenvalue weighted by atomic mass is 9.63. The number of aryl methyl sites for hydroxylation is 2. The first kappa shape index (κ1) is 27.6. The predicted octanol–water partition coefficient (Wildman–Crippen LogP) is 6.00. The van der Waals surface area contributed by atoms with Gasteiger partial charge in [-0.25, -0.2) is 0 Å². The highest BCUT2D eigenvalue weighted by molar-refractivity contribution is 7.28. The number of hydrogen-bond donors (Lipinski definition) is 1. The van der Waals surface area contributed by atoms with Gasteiger partial charge in [0.1, 0.15) is 18.5 Å². The lowest BCUT2D eigenvalue weighted by molar-refractivity contribution is -0.137. The van der Waals surface area contributed by atoms with Crippen LogP contribution in [0.1, 0.15) is 87.5 Å². The molecule has 1 saturated heterocycles. The molecular weight excluding hydrogens is 508 g/mol. The van der Waals surface area contributed by atoms with Crippen LogP contribution in [0, 0.1) is 0 Å². The molecule has 0 bridgehead atoms. The normalized spacial score (nSPS) is 19.1. The van der Waals surface area contributed by atoms with Crippen LogP contribution in [0.15, 0.2) is 35.8 Å². The Labute approximate surface area is 234 Å². The highest BCUT2D eigenvalue weighted by Gasteiger charge is 2.37. The molecule has 0 saturated carbocycles. The summed E-state index contributed by atoms with van der Waals surface area (Å²) in [7, 11) is -0.00259. The van der Waals surface area contributed by atoms with Crippen molar-refractivity contribution in [2.45, 2.75) is 89.5 Å². The van der Waals surface area contributed by atoms with Crippen molar-refractivity contribution in [1.29, 1.82) is 0 Å². The van der Waals surface area contributed by atoms with E-state index in [1.165, 1.54) is 34.5 Å². The average Bonchev–Trinajstić information content (AvgIpc) is 3.51. The number of aliphatic carboxylic acids is 1. The number of amides is 1. The van der Waals surface area contributed by atoms with E-state index < -0.39 is 5.97 Å². The van der Waals surface area contributed by atoms with E-state index in [0.29, 0.717) is 18.0 Å². The Morgan fingerprint density at radius 3 is 2.44 bits per heavy atom. The highest BCUT2D eigenvalue weighted by Crippen LogP contribution is 2.47. The van der Waals surface area contributed by atoms with Crippen molar-refractivity contribution in [3.05, 3.63) is 57.7 Å². The third-order valence-corrected chi connectivity index (χ3v) is 10.4. The van der Waals surface area contributed by atoms with E-state index in [4.69, 9.17) is 10.1 Å². The zero-order valence-electron chi connectivity index (χ0n) is 23.9. The minimum absolute atomic E-state index is 0.00259. The third-order valence-electron chi connectivity index (χ3n) is 8.78. The van der Waals surface area contributed by atoms with E-state index in [1.807, 2.05) is 4.90 Å². The summed E-state index contributed by atoms with van der Waals surface area (Å²) in [6.07, 6.45) is 8.72. The predicted molar refractivity (Wildman–Crippen MR) is 155 cm³/mol. The average molecular weight is 550 g/mol. The lowest BCUT2D eigenvalue weighted by Gasteiger charge is -2.42. The number of likely N-dealkylation sites (tertiary alicyclic amines) is 1. The van der Waals surface area contributed by atoms with Crippen LogP contribution < -0.4 is 0 Å². The number of aromatic nitrogens is 3. The van der Waals surface area contributed by atoms with E-state index in [9.17, 15) is 9.59 Å². The van der Waals surface area contributed by atoms with Gasteiger partial charge in [0.2, 0.25) is 10.9 Å². The Kier molecular flexibility index (Phi) is 7.44. The number of nitrogens with zero attached hydrogens (tertiary/aromatic N) is 4. The van der Waals surface area contributed by atoms with Crippen molar-refractivity contribution >= 4 is 22.3 Å². The zero-order valence-corrected chi connectivity index (χ0v) is 24.7. The molecule has 8 heteroatoms. The molecule has 3 aromatic rings. The molecule has 1 amide bonds. The second kappa shape index (κ2) is 10.5. The highest BCUT2D eigenvalue weighted by atomic mass is 32.2. The molecule has 1 aliphatic heterocycles. The first-order chi connectivity index (χ1) is 18.4. The fourth-order valence-corrected chi connectivity index (χ4v) is 7.80. The van der Waals surface area contributed by atoms with Crippen LogP contribution >= 0.6 is 10.5 Å². The molecule has 1 aromatic carbocycles. The monoisotopic (exact) mass is 549 g/mol. The summed E-state index contributed by atoms with van der Waals surface area (Å²) >= 11 is 0. The quantitative estimate of drug-likeness (QED) is 0.365. The Hall–Kier alpha value is -3.00. The number of fused-ring (bicyclic) bond motifs is 1. The summed E-state index contributed by atoms with van der Waals surface area (Å²) in [5.74, 6) is -0.386. The molecule has 0 radical (unpaired) electrons. The standard InChI is InChI=1S/C31H40N4O3S/c1-30(2)13-14-31(3,4)25-18-22(6-8-24(25)30)26-20-39(5)29(32-26)21-10-15-34(16-11-21)27(36)19-35-17-12-23(33-35)7-9-28(37)38/h6,8,12,17-18,20-21H,7,9-11,13-16,19H2,1-5H3/p+1. The molecule has 2 aliphatic rings. The Morgan fingerprint density at radius 2 is 1.74 bits per heavy atom. The molecule has 1 N–H and O–H groups in total. The molecule has 0 spiro atoms. The van der Waals surface area contributed by atoms with Gasteiger partial charge in [-0.3, -0.25) is 14.3 Å². The number of piperidine rings is 1. The van der Waals surface area contributed by atoms with E-state index >= 15 is 0 Å². The van der Waals surface area contributed by atoms with E-state index in [0.717, 1.165) is 31.6 Å². The number of carboxylic acid groups (broad SMARTS) is 1. The molecule has 1 fully saturated rings. The first-order valence-electron chi connectivity index (χ1n) is 14.1. The molecule has 39 heavy (non-hydrogen) atoms. The molecular formula is C31H41N4O3S+. The molecule has 1 aliphatic carbocycles. The molecule has 208 valence electrons. The second-order valence-electron chi connectivity index (χ2n) is 12.6. The van der Waals surface area contributed by atoms with Crippen molar-refractivity contribution in [3.8, 4) is 11.3 Å². The number of carbonyl (C=O) groups excluding carboxylic acids is 1. The van der Waals surface area contributed by atoms with E-state index in [-0.39, 0.29) is 40.2 Å². The van der Waals surface area contributed by atoms with Gasteiger partial charge in [-0.05, 0) is 70.2 Å². The largest absolute Gasteiger partial charge is 0.481 e. The maximum atomic E-state index is 12.9. The van der Waals surface area contributed by atoms with Crippen molar-refractivity contribution in [2.75, 3.05) is 13.1 Å².